The molecule has 0 aromatic rings. The summed E-state index contributed by atoms with van der Waals surface area (Å²) >= 11 is 0. The van der Waals surface area contributed by atoms with E-state index in [2.05, 4.69) is 0 Å². The van der Waals surface area contributed by atoms with Crippen molar-refractivity contribution in [1.82, 2.24) is 5.34 Å². The molecule has 0 unspecified atom stereocenters. The van der Waals surface area contributed by atoms with Crippen LogP contribution in [-0.2, 0) is 0 Å². The normalized spacial score (nSPS) is 12.6. The lowest BCUT2D eigenvalue weighted by Crippen LogP contribution is -2.29. The summed E-state index contributed by atoms with van der Waals surface area (Å²) in [7, 11) is 0. The first-order valence-electron chi connectivity index (χ1n) is 2.63. The highest BCUT2D eigenvalue weighted by Gasteiger charge is 2.55. The first-order chi connectivity index (χ1) is 5.98. The standard InChI is InChI=1S/C4F9N/c5-2(14(12)13)1(3(6,7)8)4(9,10)11. The van der Waals surface area contributed by atoms with Crippen molar-refractivity contribution >= 4 is 0 Å². The van der Waals surface area contributed by atoms with Gasteiger partial charge in [-0.15, -0.1) is 0 Å². The number of halogens is 9. The third kappa shape index (κ3) is 3.00. The van der Waals surface area contributed by atoms with Crippen LogP contribution in [-0.4, -0.2) is 17.7 Å². The maximum Gasteiger partial charge on any atom is 0.425 e. The van der Waals surface area contributed by atoms with Crippen molar-refractivity contribution in [2.45, 2.75) is 12.4 Å². The van der Waals surface area contributed by atoms with Gasteiger partial charge in [0.15, 0.2) is 5.57 Å². The van der Waals surface area contributed by atoms with Gasteiger partial charge in [-0.1, -0.05) is 8.96 Å². The molecule has 0 aromatic heterocycles. The molecular formula is C4F9N. The van der Waals surface area contributed by atoms with E-state index in [0.29, 0.717) is 0 Å². The Morgan fingerprint density at radius 2 is 1.07 bits per heavy atom. The molecule has 0 heterocycles. The van der Waals surface area contributed by atoms with E-state index in [4.69, 9.17) is 0 Å². The Morgan fingerprint density at radius 1 is 0.786 bits per heavy atom. The fourth-order valence-corrected chi connectivity index (χ4v) is 0.479. The Bertz CT molecular complexity index is 216. The summed E-state index contributed by atoms with van der Waals surface area (Å²) in [6.07, 6.45) is -12.5. The average molecular weight is 233 g/mol. The van der Waals surface area contributed by atoms with Crippen LogP contribution in [0.1, 0.15) is 0 Å². The number of nitrogens with zero attached hydrogens (tertiary/aromatic N) is 1. The first-order valence-corrected chi connectivity index (χ1v) is 2.63. The molecule has 14 heavy (non-hydrogen) atoms. The van der Waals surface area contributed by atoms with E-state index >= 15 is 0 Å². The van der Waals surface area contributed by atoms with E-state index in [1.807, 2.05) is 0 Å². The molecule has 84 valence electrons. The van der Waals surface area contributed by atoms with Gasteiger partial charge in [0.25, 0.3) is 5.95 Å². The van der Waals surface area contributed by atoms with Gasteiger partial charge < -0.3 is 0 Å². The maximum atomic E-state index is 11.8. The summed E-state index contributed by atoms with van der Waals surface area (Å²) in [5, 5.41) is -2.89. The summed E-state index contributed by atoms with van der Waals surface area (Å²) in [4.78, 5) is 0. The minimum absolute atomic E-state index is 2.89. The smallest absolute Gasteiger partial charge is 0.181 e. The van der Waals surface area contributed by atoms with E-state index in [9.17, 15) is 39.7 Å². The number of alkyl halides is 6. The zero-order valence-corrected chi connectivity index (χ0v) is 5.85. The lowest BCUT2D eigenvalue weighted by Gasteiger charge is -2.15. The molecule has 0 bridgehead atoms. The van der Waals surface area contributed by atoms with Crippen LogP contribution in [0.15, 0.2) is 11.5 Å². The topological polar surface area (TPSA) is 3.24 Å². The zero-order valence-electron chi connectivity index (χ0n) is 5.85. The largest absolute Gasteiger partial charge is 0.425 e. The molecule has 0 N–H and O–H groups in total. The maximum absolute atomic E-state index is 11.8. The second-order valence-corrected chi connectivity index (χ2v) is 1.89. The van der Waals surface area contributed by atoms with Crippen LogP contribution in [0.25, 0.3) is 0 Å². The summed E-state index contributed by atoms with van der Waals surface area (Å²) in [5.41, 5.74) is -3.88. The molecule has 0 saturated carbocycles. The lowest BCUT2D eigenvalue weighted by atomic mass is 10.2. The predicted octanol–water partition coefficient (Wildman–Crippen LogP) is 3.36. The third-order valence-corrected chi connectivity index (χ3v) is 0.922. The van der Waals surface area contributed by atoms with E-state index in [-0.39, 0.29) is 0 Å². The van der Waals surface area contributed by atoms with Crippen molar-refractivity contribution in [2.24, 2.45) is 0 Å². The minimum Gasteiger partial charge on any atom is -0.181 e. The van der Waals surface area contributed by atoms with Crippen molar-refractivity contribution in [1.29, 1.82) is 0 Å². The summed E-state index contributed by atoms with van der Waals surface area (Å²) in [6, 6.07) is 0. The lowest BCUT2D eigenvalue weighted by molar-refractivity contribution is -0.195. The Balaban J connectivity index is 5.46. The van der Waals surface area contributed by atoms with Gasteiger partial charge in [-0.05, 0) is 5.34 Å². The quantitative estimate of drug-likeness (QED) is 0.381. The van der Waals surface area contributed by atoms with Crippen molar-refractivity contribution < 1.29 is 39.7 Å². The van der Waals surface area contributed by atoms with Crippen LogP contribution >= 0.6 is 0 Å². The highest BCUT2D eigenvalue weighted by Crippen LogP contribution is 2.41. The number of allylic oxidation sites excluding steroid dienone is 1. The van der Waals surface area contributed by atoms with E-state index in [1.165, 1.54) is 0 Å². The van der Waals surface area contributed by atoms with Crippen LogP contribution in [0.3, 0.4) is 0 Å². The predicted molar refractivity (Wildman–Crippen MR) is 24.3 cm³/mol. The van der Waals surface area contributed by atoms with Crippen molar-refractivity contribution in [3.05, 3.63) is 11.5 Å². The molecule has 10 heteroatoms. The molecule has 0 aliphatic carbocycles. The Labute approximate surface area is 70.3 Å². The molecule has 0 aromatic carbocycles. The summed E-state index contributed by atoms with van der Waals surface area (Å²) in [6.45, 7) is 0. The number of hydrogen-bond donors (Lipinski definition) is 0. The van der Waals surface area contributed by atoms with E-state index in [1.54, 1.807) is 0 Å². The first kappa shape index (κ1) is 12.9. The molecule has 0 aliphatic heterocycles. The second kappa shape index (κ2) is 3.58. The minimum atomic E-state index is -6.24. The molecule has 0 rings (SSSR count). The van der Waals surface area contributed by atoms with Crippen LogP contribution in [0.5, 0.6) is 0 Å². The fraction of sp³-hybridized carbons (Fsp3) is 0.500. The van der Waals surface area contributed by atoms with Crippen molar-refractivity contribution in [3.63, 3.8) is 0 Å². The fourth-order valence-electron chi connectivity index (χ4n) is 0.479. The average Bonchev–Trinajstić information content (AvgIpc) is 1.79. The molecule has 0 amide bonds. The second-order valence-electron chi connectivity index (χ2n) is 1.89. The molecule has 0 aliphatic rings. The van der Waals surface area contributed by atoms with Gasteiger partial charge in [0.1, 0.15) is 0 Å². The molecule has 0 radical (unpaired) electrons. The third-order valence-electron chi connectivity index (χ3n) is 0.922. The van der Waals surface area contributed by atoms with Gasteiger partial charge in [-0.2, -0.15) is 30.7 Å². The Morgan fingerprint density at radius 3 is 1.14 bits per heavy atom. The highest BCUT2D eigenvalue weighted by atomic mass is 19.4. The van der Waals surface area contributed by atoms with Gasteiger partial charge in [0, 0.05) is 0 Å². The van der Waals surface area contributed by atoms with E-state index in [0.717, 1.165) is 0 Å². The van der Waals surface area contributed by atoms with E-state index < -0.39 is 29.2 Å². The molecule has 0 spiro atoms. The van der Waals surface area contributed by atoms with Gasteiger partial charge in [-0.3, -0.25) is 0 Å². The Kier molecular flexibility index (Phi) is 3.30. The summed E-state index contributed by atoms with van der Waals surface area (Å²) in [5.74, 6) is -3.69. The number of rotatable bonds is 1. The van der Waals surface area contributed by atoms with Crippen LogP contribution in [0, 0.1) is 0 Å². The molecule has 0 saturated heterocycles. The van der Waals surface area contributed by atoms with Crippen molar-refractivity contribution in [3.8, 4) is 0 Å². The zero-order chi connectivity index (χ0) is 11.7. The molecular weight excluding hydrogens is 233 g/mol. The molecule has 0 fully saturated rings. The Hall–Kier alpha value is -1.09. The van der Waals surface area contributed by atoms with Gasteiger partial charge >= 0.3 is 12.4 Å². The van der Waals surface area contributed by atoms with Crippen LogP contribution in [0.2, 0.25) is 0 Å². The SMILES string of the molecule is FC(=C(C(F)(F)F)C(F)(F)F)N(F)F. The summed E-state index contributed by atoms with van der Waals surface area (Å²) < 4.78 is 103. The van der Waals surface area contributed by atoms with Gasteiger partial charge in [0.05, 0.1) is 0 Å². The van der Waals surface area contributed by atoms with Gasteiger partial charge in [-0.25, -0.2) is 0 Å². The molecule has 0 atom stereocenters. The molecule has 1 nitrogen and oxygen atoms in total. The highest BCUT2D eigenvalue weighted by molar-refractivity contribution is 5.17. The van der Waals surface area contributed by atoms with Crippen LogP contribution < -0.4 is 0 Å². The van der Waals surface area contributed by atoms with Crippen LogP contribution in [0.4, 0.5) is 39.7 Å². The monoisotopic (exact) mass is 233 g/mol. The number of hydrogen-bond acceptors (Lipinski definition) is 1. The van der Waals surface area contributed by atoms with Gasteiger partial charge in [0.2, 0.25) is 0 Å². The van der Waals surface area contributed by atoms with Crippen molar-refractivity contribution in [2.75, 3.05) is 0 Å².